The lowest BCUT2D eigenvalue weighted by molar-refractivity contribution is 0.209. The van der Waals surface area contributed by atoms with E-state index in [1.54, 1.807) is 0 Å². The molecule has 2 aromatic rings. The third-order valence-corrected chi connectivity index (χ3v) is 3.63. The fraction of sp³-hybridized carbons (Fsp3) is 0.333. The van der Waals surface area contributed by atoms with E-state index in [0.29, 0.717) is 11.6 Å². The van der Waals surface area contributed by atoms with Gasteiger partial charge in [-0.3, -0.25) is 0 Å². The predicted octanol–water partition coefficient (Wildman–Crippen LogP) is 1.95. The second-order valence-corrected chi connectivity index (χ2v) is 4.62. The van der Waals surface area contributed by atoms with Crippen molar-refractivity contribution in [2.75, 3.05) is 14.2 Å². The standard InChI is InChI=1S/C12H14N2O3S/c1-7-4-5-18-11(7)10(15)9-12(17-3)14-8(16-2)6-13-9/h4-6,10,15H,1-3H3. The van der Waals surface area contributed by atoms with Crippen molar-refractivity contribution in [3.05, 3.63) is 33.8 Å². The van der Waals surface area contributed by atoms with E-state index in [2.05, 4.69) is 9.97 Å². The first kappa shape index (κ1) is 12.8. The Morgan fingerprint density at radius 3 is 2.67 bits per heavy atom. The fourth-order valence-corrected chi connectivity index (χ4v) is 2.50. The molecule has 0 spiro atoms. The SMILES string of the molecule is COc1cnc(C(O)c2sccc2C)c(OC)n1. The number of aliphatic hydroxyl groups excluding tert-OH is 1. The molecule has 2 heterocycles. The summed E-state index contributed by atoms with van der Waals surface area (Å²) >= 11 is 1.48. The lowest BCUT2D eigenvalue weighted by atomic mass is 10.1. The molecule has 96 valence electrons. The molecule has 0 aliphatic carbocycles. The number of methoxy groups -OCH3 is 2. The van der Waals surface area contributed by atoms with E-state index in [1.165, 1.54) is 31.8 Å². The van der Waals surface area contributed by atoms with Crippen molar-refractivity contribution in [2.45, 2.75) is 13.0 Å². The molecule has 0 radical (unpaired) electrons. The van der Waals surface area contributed by atoms with E-state index in [4.69, 9.17) is 9.47 Å². The number of hydrogen-bond acceptors (Lipinski definition) is 6. The molecule has 0 amide bonds. The second-order valence-electron chi connectivity index (χ2n) is 3.68. The van der Waals surface area contributed by atoms with Crippen LogP contribution in [0.3, 0.4) is 0 Å². The molecule has 2 aromatic heterocycles. The van der Waals surface area contributed by atoms with Crippen LogP contribution >= 0.6 is 11.3 Å². The maximum absolute atomic E-state index is 10.3. The Morgan fingerprint density at radius 2 is 2.11 bits per heavy atom. The van der Waals surface area contributed by atoms with Crippen LogP contribution < -0.4 is 9.47 Å². The first-order valence-corrected chi connectivity index (χ1v) is 6.22. The zero-order chi connectivity index (χ0) is 13.1. The number of aromatic nitrogens is 2. The van der Waals surface area contributed by atoms with Gasteiger partial charge >= 0.3 is 0 Å². The number of thiophene rings is 1. The highest BCUT2D eigenvalue weighted by Gasteiger charge is 2.21. The number of rotatable bonds is 4. The number of ether oxygens (including phenoxy) is 2. The molecular weight excluding hydrogens is 252 g/mol. The van der Waals surface area contributed by atoms with Gasteiger partial charge in [0.05, 0.1) is 20.4 Å². The maximum atomic E-state index is 10.3. The van der Waals surface area contributed by atoms with Crippen molar-refractivity contribution >= 4 is 11.3 Å². The highest BCUT2D eigenvalue weighted by atomic mass is 32.1. The van der Waals surface area contributed by atoms with E-state index in [1.807, 2.05) is 18.4 Å². The Labute approximate surface area is 109 Å². The molecule has 1 N–H and O–H groups in total. The van der Waals surface area contributed by atoms with Gasteiger partial charge in [-0.1, -0.05) is 0 Å². The quantitative estimate of drug-likeness (QED) is 0.916. The second kappa shape index (κ2) is 5.32. The van der Waals surface area contributed by atoms with Crippen molar-refractivity contribution < 1.29 is 14.6 Å². The fourth-order valence-electron chi connectivity index (χ4n) is 1.59. The molecule has 2 rings (SSSR count). The maximum Gasteiger partial charge on any atom is 0.241 e. The summed E-state index contributed by atoms with van der Waals surface area (Å²) in [4.78, 5) is 9.11. The topological polar surface area (TPSA) is 64.5 Å². The number of hydrogen-bond donors (Lipinski definition) is 1. The average molecular weight is 266 g/mol. The van der Waals surface area contributed by atoms with Crippen LogP contribution in [0, 0.1) is 6.92 Å². The van der Waals surface area contributed by atoms with Gasteiger partial charge in [-0.05, 0) is 23.9 Å². The van der Waals surface area contributed by atoms with Crippen LogP contribution in [-0.4, -0.2) is 29.3 Å². The molecule has 0 saturated carbocycles. The minimum Gasteiger partial charge on any atom is -0.480 e. The van der Waals surface area contributed by atoms with Gasteiger partial charge in [0.2, 0.25) is 11.8 Å². The predicted molar refractivity (Wildman–Crippen MR) is 68.3 cm³/mol. The summed E-state index contributed by atoms with van der Waals surface area (Å²) in [5.41, 5.74) is 1.41. The zero-order valence-corrected chi connectivity index (χ0v) is 11.2. The Morgan fingerprint density at radius 1 is 1.33 bits per heavy atom. The molecule has 1 atom stereocenters. The van der Waals surface area contributed by atoms with Gasteiger partial charge in [0, 0.05) is 4.88 Å². The van der Waals surface area contributed by atoms with E-state index < -0.39 is 6.10 Å². The number of aliphatic hydroxyl groups is 1. The molecule has 0 bridgehead atoms. The minimum absolute atomic E-state index is 0.273. The molecule has 0 saturated heterocycles. The first-order chi connectivity index (χ1) is 8.67. The largest absolute Gasteiger partial charge is 0.480 e. The van der Waals surface area contributed by atoms with Gasteiger partial charge in [0.15, 0.2) is 0 Å². The molecule has 1 unspecified atom stereocenters. The third-order valence-electron chi connectivity index (χ3n) is 2.56. The van der Waals surface area contributed by atoms with Crippen LogP contribution in [0.25, 0.3) is 0 Å². The van der Waals surface area contributed by atoms with Crippen LogP contribution in [0.5, 0.6) is 11.8 Å². The summed E-state index contributed by atoms with van der Waals surface area (Å²) in [6.45, 7) is 1.94. The lowest BCUT2D eigenvalue weighted by Gasteiger charge is -2.13. The van der Waals surface area contributed by atoms with Gasteiger partial charge in [0.1, 0.15) is 11.8 Å². The first-order valence-electron chi connectivity index (χ1n) is 5.34. The summed E-state index contributed by atoms with van der Waals surface area (Å²) < 4.78 is 10.1. The molecule has 0 aromatic carbocycles. The summed E-state index contributed by atoms with van der Waals surface area (Å²) in [5, 5.41) is 12.3. The smallest absolute Gasteiger partial charge is 0.241 e. The van der Waals surface area contributed by atoms with Crippen LogP contribution in [0.2, 0.25) is 0 Å². The summed E-state index contributed by atoms with van der Waals surface area (Å²) in [5.74, 6) is 0.625. The molecular formula is C12H14N2O3S. The molecule has 0 aliphatic rings. The molecule has 0 fully saturated rings. The number of aryl methyl sites for hydroxylation is 1. The van der Waals surface area contributed by atoms with Gasteiger partial charge in [0.25, 0.3) is 0 Å². The van der Waals surface area contributed by atoms with Crippen molar-refractivity contribution in [2.24, 2.45) is 0 Å². The average Bonchev–Trinajstić information content (AvgIpc) is 2.83. The molecule has 18 heavy (non-hydrogen) atoms. The highest BCUT2D eigenvalue weighted by molar-refractivity contribution is 7.10. The van der Waals surface area contributed by atoms with Crippen molar-refractivity contribution in [3.63, 3.8) is 0 Å². The monoisotopic (exact) mass is 266 g/mol. The summed E-state index contributed by atoms with van der Waals surface area (Å²) in [7, 11) is 2.99. The van der Waals surface area contributed by atoms with E-state index in [-0.39, 0.29) is 5.88 Å². The summed E-state index contributed by atoms with van der Waals surface area (Å²) in [6, 6.07) is 1.95. The Hall–Kier alpha value is -1.66. The normalized spacial score (nSPS) is 12.2. The highest BCUT2D eigenvalue weighted by Crippen LogP contribution is 2.32. The van der Waals surface area contributed by atoms with E-state index in [9.17, 15) is 5.11 Å². The Balaban J connectivity index is 2.41. The van der Waals surface area contributed by atoms with Crippen molar-refractivity contribution in [3.8, 4) is 11.8 Å². The summed E-state index contributed by atoms with van der Waals surface area (Å²) in [6.07, 6.45) is 0.627. The minimum atomic E-state index is -0.835. The van der Waals surface area contributed by atoms with Gasteiger partial charge in [-0.2, -0.15) is 4.98 Å². The van der Waals surface area contributed by atoms with Crippen molar-refractivity contribution in [1.29, 1.82) is 0 Å². The van der Waals surface area contributed by atoms with Crippen LogP contribution in [0.1, 0.15) is 22.2 Å². The molecule has 0 aliphatic heterocycles. The van der Waals surface area contributed by atoms with Gasteiger partial charge in [-0.25, -0.2) is 4.98 Å². The van der Waals surface area contributed by atoms with Gasteiger partial charge < -0.3 is 14.6 Å². The molecule has 5 nitrogen and oxygen atoms in total. The van der Waals surface area contributed by atoms with Gasteiger partial charge in [-0.15, -0.1) is 11.3 Å². The van der Waals surface area contributed by atoms with E-state index >= 15 is 0 Å². The zero-order valence-electron chi connectivity index (χ0n) is 10.4. The van der Waals surface area contributed by atoms with Crippen LogP contribution in [0.15, 0.2) is 17.6 Å². The molecule has 6 heteroatoms. The van der Waals surface area contributed by atoms with Crippen LogP contribution in [-0.2, 0) is 0 Å². The Bertz CT molecular complexity index is 542. The third kappa shape index (κ3) is 2.30. The van der Waals surface area contributed by atoms with Crippen LogP contribution in [0.4, 0.5) is 0 Å². The number of nitrogens with zero attached hydrogens (tertiary/aromatic N) is 2. The Kier molecular flexibility index (Phi) is 3.78. The van der Waals surface area contributed by atoms with Crippen molar-refractivity contribution in [1.82, 2.24) is 9.97 Å². The van der Waals surface area contributed by atoms with E-state index in [0.717, 1.165) is 10.4 Å². The lowest BCUT2D eigenvalue weighted by Crippen LogP contribution is -2.07.